The van der Waals surface area contributed by atoms with E-state index in [1.807, 2.05) is 135 Å². The lowest BCUT2D eigenvalue weighted by atomic mass is 9.95. The number of hydrogen-bond donors (Lipinski definition) is 0. The van der Waals surface area contributed by atoms with Crippen molar-refractivity contribution in [2.24, 2.45) is 0 Å². The Bertz CT molecular complexity index is 2320. The highest BCUT2D eigenvalue weighted by Crippen LogP contribution is 2.39. The molecule has 3 heterocycles. The molecule has 0 unspecified atom stereocenters. The first kappa shape index (κ1) is 55.1. The highest BCUT2D eigenvalue weighted by molar-refractivity contribution is 5.68. The van der Waals surface area contributed by atoms with Crippen molar-refractivity contribution < 1.29 is 85.5 Å². The molecule has 73 heavy (non-hydrogen) atoms. The van der Waals surface area contributed by atoms with Crippen molar-refractivity contribution in [3.63, 3.8) is 0 Å². The highest BCUT2D eigenvalue weighted by Gasteiger charge is 2.58. The van der Waals surface area contributed by atoms with E-state index in [9.17, 15) is 19.2 Å². The van der Waals surface area contributed by atoms with Crippen LogP contribution < -0.4 is 0 Å². The Hall–Kier alpha value is -5.64. The standard InChI is InChI=1S/C55H66O18/c1-33-44(62-28-39-20-12-8-13-21-39)47(64-30-41-24-16-10-17-25-41)50(53(60-7)66-33)72-54-51(48(65-31-42-26-18-11-19-27-42)45(34(2)67-54)63-29-40-22-14-9-15-23-40)73-55-52(70-38(6)59)49(69-37(5)58)46(68-36(4)57)43(71-55)32-61-35(3)56/h8-27,33-34,43-55H,28-32H2,1-7H3/t33-,34-,43-,44+,45-,46-,47-,48-,49+,50+,51-,52+,53+,54-,55-/m0/s1. The zero-order chi connectivity index (χ0) is 51.9. The van der Waals surface area contributed by atoms with Crippen molar-refractivity contribution in [1.29, 1.82) is 0 Å². The molecule has 0 saturated carbocycles. The first-order chi connectivity index (χ1) is 35.3. The Morgan fingerprint density at radius 1 is 0.397 bits per heavy atom. The lowest BCUT2D eigenvalue weighted by Gasteiger charge is -2.51. The van der Waals surface area contributed by atoms with Gasteiger partial charge in [0.15, 0.2) is 37.2 Å². The maximum Gasteiger partial charge on any atom is 0.303 e. The molecule has 4 aromatic rings. The molecule has 3 saturated heterocycles. The monoisotopic (exact) mass is 1010 g/mol. The molecule has 0 aromatic heterocycles. The molecular formula is C55H66O18. The van der Waals surface area contributed by atoms with Gasteiger partial charge in [0.1, 0.15) is 49.3 Å². The number of rotatable bonds is 22. The molecule has 4 aromatic carbocycles. The molecule has 3 aliphatic heterocycles. The highest BCUT2D eigenvalue weighted by atomic mass is 16.8. The van der Waals surface area contributed by atoms with Crippen LogP contribution in [0.4, 0.5) is 0 Å². The summed E-state index contributed by atoms with van der Waals surface area (Å²) in [6, 6.07) is 38.3. The van der Waals surface area contributed by atoms with Crippen LogP contribution in [-0.2, 0) is 112 Å². The summed E-state index contributed by atoms with van der Waals surface area (Å²) in [5, 5.41) is 0. The fourth-order valence-corrected chi connectivity index (χ4v) is 9.05. The van der Waals surface area contributed by atoms with Gasteiger partial charge >= 0.3 is 23.9 Å². The largest absolute Gasteiger partial charge is 0.463 e. The van der Waals surface area contributed by atoms with Crippen molar-refractivity contribution in [1.82, 2.24) is 0 Å². The smallest absolute Gasteiger partial charge is 0.303 e. The molecule has 0 radical (unpaired) electrons. The van der Waals surface area contributed by atoms with Crippen LogP contribution in [0.1, 0.15) is 63.8 Å². The third kappa shape index (κ3) is 15.5. The van der Waals surface area contributed by atoms with E-state index in [1.165, 1.54) is 14.0 Å². The number of ether oxygens (including phenoxy) is 14. The third-order valence-electron chi connectivity index (χ3n) is 12.4. The topological polar surface area (TPSA) is 198 Å². The zero-order valence-corrected chi connectivity index (χ0v) is 42.1. The van der Waals surface area contributed by atoms with Gasteiger partial charge in [-0.25, -0.2) is 0 Å². The van der Waals surface area contributed by atoms with E-state index in [1.54, 1.807) is 0 Å². The van der Waals surface area contributed by atoms with Gasteiger partial charge in [0.25, 0.3) is 0 Å². The van der Waals surface area contributed by atoms with Crippen molar-refractivity contribution in [2.75, 3.05) is 13.7 Å². The number of methoxy groups -OCH3 is 1. The van der Waals surface area contributed by atoms with Gasteiger partial charge < -0.3 is 66.3 Å². The van der Waals surface area contributed by atoms with Gasteiger partial charge in [0.2, 0.25) is 0 Å². The molecule has 3 fully saturated rings. The van der Waals surface area contributed by atoms with Gasteiger partial charge in [0.05, 0.1) is 38.6 Å². The number of carbonyl (C=O) groups is 4. The SMILES string of the molecule is CO[C@@H]1O[C@@H](C)[C@@H](OCc2ccccc2)[C@H](OCc2ccccc2)[C@H]1O[C@@H]1O[C@@H](C)[C@H](OCc2ccccc2)[C@H](OCc2ccccc2)[C@@H]1O[C@@H]1O[C@@H](COC(C)=O)[C@H](OC(C)=O)[C@@H](OC(C)=O)[C@H]1OC(C)=O. The van der Waals surface area contributed by atoms with Crippen LogP contribution >= 0.6 is 0 Å². The Morgan fingerprint density at radius 3 is 1.12 bits per heavy atom. The Labute approximate surface area is 425 Å². The molecule has 0 amide bonds. The fourth-order valence-electron chi connectivity index (χ4n) is 9.05. The molecule has 0 N–H and O–H groups in total. The van der Waals surface area contributed by atoms with Crippen LogP contribution in [-0.4, -0.2) is 130 Å². The molecule has 0 spiro atoms. The average molecular weight is 1020 g/mol. The fraction of sp³-hybridized carbons (Fsp3) is 0.491. The summed E-state index contributed by atoms with van der Waals surface area (Å²) >= 11 is 0. The van der Waals surface area contributed by atoms with Crippen molar-refractivity contribution in [3.8, 4) is 0 Å². The van der Waals surface area contributed by atoms with Crippen molar-refractivity contribution in [3.05, 3.63) is 144 Å². The molecule has 3 aliphatic rings. The lowest BCUT2D eigenvalue weighted by Crippen LogP contribution is -2.67. The van der Waals surface area contributed by atoms with E-state index in [0.29, 0.717) is 0 Å². The minimum Gasteiger partial charge on any atom is -0.463 e. The Balaban J connectivity index is 1.33. The van der Waals surface area contributed by atoms with Crippen LogP contribution in [0.5, 0.6) is 0 Å². The lowest BCUT2D eigenvalue weighted by molar-refractivity contribution is -0.397. The number of benzene rings is 4. The van der Waals surface area contributed by atoms with E-state index < -0.39 is 123 Å². The summed E-state index contributed by atoms with van der Waals surface area (Å²) in [7, 11) is 1.49. The molecule has 7 rings (SSSR count). The molecule has 0 aliphatic carbocycles. The molecule has 18 nitrogen and oxygen atoms in total. The normalized spacial score (nSPS) is 30.2. The van der Waals surface area contributed by atoms with Gasteiger partial charge in [-0.1, -0.05) is 121 Å². The van der Waals surface area contributed by atoms with E-state index in [-0.39, 0.29) is 26.4 Å². The van der Waals surface area contributed by atoms with Gasteiger partial charge in [-0.3, -0.25) is 19.2 Å². The number of hydrogen-bond acceptors (Lipinski definition) is 18. The molecule has 15 atom stereocenters. The maximum atomic E-state index is 13.0. The van der Waals surface area contributed by atoms with Gasteiger partial charge in [-0.05, 0) is 36.1 Å². The average Bonchev–Trinajstić information content (AvgIpc) is 3.37. The van der Waals surface area contributed by atoms with Crippen LogP contribution in [0.15, 0.2) is 121 Å². The summed E-state index contributed by atoms with van der Waals surface area (Å²) in [4.78, 5) is 50.8. The summed E-state index contributed by atoms with van der Waals surface area (Å²) in [5.41, 5.74) is 3.49. The van der Waals surface area contributed by atoms with Crippen LogP contribution in [0.2, 0.25) is 0 Å². The first-order valence-electron chi connectivity index (χ1n) is 24.3. The van der Waals surface area contributed by atoms with Crippen LogP contribution in [0, 0.1) is 0 Å². The minimum atomic E-state index is -1.68. The summed E-state index contributed by atoms with van der Waals surface area (Å²) < 4.78 is 89.9. The van der Waals surface area contributed by atoms with E-state index in [4.69, 9.17) is 66.3 Å². The predicted octanol–water partition coefficient (Wildman–Crippen LogP) is 6.32. The van der Waals surface area contributed by atoms with Gasteiger partial charge in [-0.15, -0.1) is 0 Å². The number of esters is 4. The summed E-state index contributed by atoms with van der Waals surface area (Å²) in [6.45, 7) is 8.36. The second-order valence-electron chi connectivity index (χ2n) is 18.0. The van der Waals surface area contributed by atoms with Gasteiger partial charge in [0, 0.05) is 34.8 Å². The van der Waals surface area contributed by atoms with Crippen LogP contribution in [0.25, 0.3) is 0 Å². The maximum absolute atomic E-state index is 13.0. The second-order valence-corrected chi connectivity index (χ2v) is 18.0. The quantitative estimate of drug-likeness (QED) is 0.0626. The molecule has 0 bridgehead atoms. The van der Waals surface area contributed by atoms with E-state index >= 15 is 0 Å². The zero-order valence-electron chi connectivity index (χ0n) is 42.1. The molecule has 18 heteroatoms. The minimum absolute atomic E-state index is 0.0531. The Kier molecular flexibility index (Phi) is 20.4. The van der Waals surface area contributed by atoms with Crippen LogP contribution in [0.3, 0.4) is 0 Å². The Morgan fingerprint density at radius 2 is 0.740 bits per heavy atom. The summed E-state index contributed by atoms with van der Waals surface area (Å²) in [5.74, 6) is -3.11. The van der Waals surface area contributed by atoms with Crippen molar-refractivity contribution in [2.45, 2.75) is 160 Å². The number of carbonyl (C=O) groups excluding carboxylic acids is 4. The first-order valence-corrected chi connectivity index (χ1v) is 24.3. The predicted molar refractivity (Wildman–Crippen MR) is 257 cm³/mol. The third-order valence-corrected chi connectivity index (χ3v) is 12.4. The van der Waals surface area contributed by atoms with E-state index in [0.717, 1.165) is 43.0 Å². The summed E-state index contributed by atoms with van der Waals surface area (Å²) in [6.07, 6.45) is -17.5. The molecular weight excluding hydrogens is 949 g/mol. The van der Waals surface area contributed by atoms with Crippen molar-refractivity contribution >= 4 is 23.9 Å². The second kappa shape index (κ2) is 27.1. The van der Waals surface area contributed by atoms with Gasteiger partial charge in [-0.2, -0.15) is 0 Å². The molecule has 394 valence electrons. The van der Waals surface area contributed by atoms with E-state index in [2.05, 4.69) is 0 Å².